The predicted octanol–water partition coefficient (Wildman–Crippen LogP) is 3.18. The molecule has 0 bridgehead atoms. The van der Waals surface area contributed by atoms with Crippen LogP contribution in [0.15, 0.2) is 55.1 Å². The quantitative estimate of drug-likeness (QED) is 0.716. The third kappa shape index (κ3) is 1.99. The molecule has 0 aliphatic carbocycles. The standard InChI is InChI=1S/C14H13N3/c1-2-12-10-16-7-5-13(12)14(3-1)17-9-11-4-6-15-8-11/h1-8,10,15,17H,9H2. The van der Waals surface area contributed by atoms with E-state index in [1.165, 1.54) is 10.9 Å². The summed E-state index contributed by atoms with van der Waals surface area (Å²) in [7, 11) is 0. The smallest absolute Gasteiger partial charge is 0.0423 e. The molecule has 0 saturated heterocycles. The van der Waals surface area contributed by atoms with Crippen LogP contribution in [-0.4, -0.2) is 9.97 Å². The molecule has 0 radical (unpaired) electrons. The summed E-state index contributed by atoms with van der Waals surface area (Å²) in [5.74, 6) is 0. The number of benzene rings is 1. The van der Waals surface area contributed by atoms with Gasteiger partial charge in [-0.05, 0) is 23.8 Å². The van der Waals surface area contributed by atoms with Crippen LogP contribution in [0.3, 0.4) is 0 Å². The van der Waals surface area contributed by atoms with Crippen molar-refractivity contribution in [3.8, 4) is 0 Å². The van der Waals surface area contributed by atoms with Gasteiger partial charge in [-0.15, -0.1) is 0 Å². The number of fused-ring (bicyclic) bond motifs is 1. The van der Waals surface area contributed by atoms with E-state index in [4.69, 9.17) is 0 Å². The minimum atomic E-state index is 0.824. The first-order valence-electron chi connectivity index (χ1n) is 5.62. The minimum absolute atomic E-state index is 0.824. The van der Waals surface area contributed by atoms with Gasteiger partial charge >= 0.3 is 0 Å². The zero-order valence-corrected chi connectivity index (χ0v) is 9.35. The SMILES string of the molecule is c1cc(NCc2cc[nH]c2)c2ccncc2c1. The van der Waals surface area contributed by atoms with Crippen molar-refractivity contribution in [2.45, 2.75) is 6.54 Å². The average Bonchev–Trinajstić information content (AvgIpc) is 2.89. The summed E-state index contributed by atoms with van der Waals surface area (Å²) in [6.45, 7) is 0.824. The molecule has 2 aromatic heterocycles. The van der Waals surface area contributed by atoms with Crippen molar-refractivity contribution in [2.75, 3.05) is 5.32 Å². The van der Waals surface area contributed by atoms with Crippen LogP contribution in [0.4, 0.5) is 5.69 Å². The molecular weight excluding hydrogens is 210 g/mol. The maximum atomic E-state index is 4.13. The van der Waals surface area contributed by atoms with E-state index in [9.17, 15) is 0 Å². The summed E-state index contributed by atoms with van der Waals surface area (Å²) in [6, 6.07) is 10.3. The van der Waals surface area contributed by atoms with Crippen LogP contribution in [0.2, 0.25) is 0 Å². The highest BCUT2D eigenvalue weighted by molar-refractivity contribution is 5.93. The first-order valence-corrected chi connectivity index (χ1v) is 5.62. The van der Waals surface area contributed by atoms with Gasteiger partial charge in [0.05, 0.1) is 0 Å². The lowest BCUT2D eigenvalue weighted by Gasteiger charge is -2.08. The fraction of sp³-hybridized carbons (Fsp3) is 0.0714. The van der Waals surface area contributed by atoms with Gasteiger partial charge in [0, 0.05) is 47.8 Å². The Hall–Kier alpha value is -2.29. The van der Waals surface area contributed by atoms with Gasteiger partial charge in [-0.2, -0.15) is 0 Å². The average molecular weight is 223 g/mol. The number of nitrogens with zero attached hydrogens (tertiary/aromatic N) is 1. The number of hydrogen-bond acceptors (Lipinski definition) is 2. The third-order valence-corrected chi connectivity index (χ3v) is 2.83. The lowest BCUT2D eigenvalue weighted by Crippen LogP contribution is -1.98. The van der Waals surface area contributed by atoms with Crippen molar-refractivity contribution >= 4 is 16.5 Å². The van der Waals surface area contributed by atoms with Crippen molar-refractivity contribution in [1.82, 2.24) is 9.97 Å². The number of nitrogens with one attached hydrogen (secondary N) is 2. The lowest BCUT2D eigenvalue weighted by atomic mass is 10.1. The summed E-state index contributed by atoms with van der Waals surface area (Å²) >= 11 is 0. The lowest BCUT2D eigenvalue weighted by molar-refractivity contribution is 1.16. The van der Waals surface area contributed by atoms with Gasteiger partial charge in [0.25, 0.3) is 0 Å². The number of H-pyrrole nitrogens is 1. The maximum Gasteiger partial charge on any atom is 0.0423 e. The van der Waals surface area contributed by atoms with E-state index in [1.54, 1.807) is 0 Å². The molecule has 84 valence electrons. The highest BCUT2D eigenvalue weighted by atomic mass is 14.9. The number of aromatic amines is 1. The Kier molecular flexibility index (Phi) is 2.50. The number of anilines is 1. The van der Waals surface area contributed by atoms with Crippen LogP contribution in [0.25, 0.3) is 10.8 Å². The maximum absolute atomic E-state index is 4.13. The van der Waals surface area contributed by atoms with E-state index in [0.717, 1.165) is 17.6 Å². The Balaban J connectivity index is 1.90. The molecule has 3 rings (SSSR count). The normalized spacial score (nSPS) is 10.6. The van der Waals surface area contributed by atoms with Crippen LogP contribution in [0.5, 0.6) is 0 Å². The Bertz CT molecular complexity index is 609. The van der Waals surface area contributed by atoms with Gasteiger partial charge in [0.1, 0.15) is 0 Å². The molecule has 2 heterocycles. The first kappa shape index (κ1) is 9.90. The number of aromatic nitrogens is 2. The Morgan fingerprint density at radius 1 is 1.18 bits per heavy atom. The van der Waals surface area contributed by atoms with Crippen LogP contribution < -0.4 is 5.32 Å². The summed E-state index contributed by atoms with van der Waals surface area (Å²) < 4.78 is 0. The van der Waals surface area contributed by atoms with Crippen molar-refractivity contribution in [3.63, 3.8) is 0 Å². The van der Waals surface area contributed by atoms with Crippen LogP contribution in [0.1, 0.15) is 5.56 Å². The van der Waals surface area contributed by atoms with E-state index in [2.05, 4.69) is 33.5 Å². The van der Waals surface area contributed by atoms with Gasteiger partial charge in [0.15, 0.2) is 0 Å². The summed E-state index contributed by atoms with van der Waals surface area (Å²) in [5.41, 5.74) is 2.39. The minimum Gasteiger partial charge on any atom is -0.380 e. The number of pyridine rings is 1. The molecule has 3 nitrogen and oxygen atoms in total. The van der Waals surface area contributed by atoms with E-state index in [1.807, 2.05) is 36.9 Å². The molecule has 2 N–H and O–H groups in total. The molecule has 1 aromatic carbocycles. The van der Waals surface area contributed by atoms with Crippen molar-refractivity contribution in [2.24, 2.45) is 0 Å². The summed E-state index contributed by atoms with van der Waals surface area (Å²) in [4.78, 5) is 7.18. The molecule has 3 aromatic rings. The zero-order valence-electron chi connectivity index (χ0n) is 9.35. The monoisotopic (exact) mass is 223 g/mol. The molecule has 0 atom stereocenters. The highest BCUT2D eigenvalue weighted by Gasteiger charge is 2.00. The van der Waals surface area contributed by atoms with Crippen molar-refractivity contribution in [1.29, 1.82) is 0 Å². The van der Waals surface area contributed by atoms with Crippen LogP contribution >= 0.6 is 0 Å². The molecule has 0 unspecified atom stereocenters. The van der Waals surface area contributed by atoms with Gasteiger partial charge in [-0.1, -0.05) is 12.1 Å². The van der Waals surface area contributed by atoms with Gasteiger partial charge in [0.2, 0.25) is 0 Å². The largest absolute Gasteiger partial charge is 0.380 e. The molecule has 0 aliphatic rings. The van der Waals surface area contributed by atoms with E-state index in [-0.39, 0.29) is 0 Å². The Labute approximate surface area is 99.5 Å². The predicted molar refractivity (Wildman–Crippen MR) is 69.9 cm³/mol. The summed E-state index contributed by atoms with van der Waals surface area (Å²) in [5, 5.41) is 5.81. The van der Waals surface area contributed by atoms with Gasteiger partial charge in [-0.3, -0.25) is 4.98 Å². The van der Waals surface area contributed by atoms with Crippen LogP contribution in [-0.2, 0) is 6.54 Å². The van der Waals surface area contributed by atoms with Crippen LogP contribution in [0, 0.1) is 0 Å². The number of rotatable bonds is 3. The zero-order chi connectivity index (χ0) is 11.5. The molecule has 17 heavy (non-hydrogen) atoms. The van der Waals surface area contributed by atoms with E-state index < -0.39 is 0 Å². The fourth-order valence-electron chi connectivity index (χ4n) is 1.94. The second-order valence-electron chi connectivity index (χ2n) is 3.98. The fourth-order valence-corrected chi connectivity index (χ4v) is 1.94. The van der Waals surface area contributed by atoms with E-state index >= 15 is 0 Å². The van der Waals surface area contributed by atoms with Crippen molar-refractivity contribution < 1.29 is 0 Å². The molecule has 0 saturated carbocycles. The van der Waals surface area contributed by atoms with Gasteiger partial charge < -0.3 is 10.3 Å². The first-order chi connectivity index (χ1) is 8.43. The molecular formula is C14H13N3. The van der Waals surface area contributed by atoms with Gasteiger partial charge in [-0.25, -0.2) is 0 Å². The Morgan fingerprint density at radius 3 is 3.06 bits per heavy atom. The van der Waals surface area contributed by atoms with Crippen molar-refractivity contribution in [3.05, 3.63) is 60.7 Å². The molecule has 0 aliphatic heterocycles. The Morgan fingerprint density at radius 2 is 2.18 bits per heavy atom. The third-order valence-electron chi connectivity index (χ3n) is 2.83. The molecule has 0 amide bonds. The van der Waals surface area contributed by atoms with E-state index in [0.29, 0.717) is 0 Å². The second kappa shape index (κ2) is 4.29. The molecule has 0 fully saturated rings. The summed E-state index contributed by atoms with van der Waals surface area (Å²) in [6.07, 6.45) is 7.64. The molecule has 0 spiro atoms. The second-order valence-corrected chi connectivity index (χ2v) is 3.98. The highest BCUT2D eigenvalue weighted by Crippen LogP contribution is 2.22. The molecule has 3 heteroatoms. The topological polar surface area (TPSA) is 40.7 Å². The number of hydrogen-bond donors (Lipinski definition) is 2.